The number of carboxylic acid groups (broad SMARTS) is 2. The van der Waals surface area contributed by atoms with Gasteiger partial charge in [0, 0.05) is 24.4 Å². The first kappa shape index (κ1) is 34.4. The molecule has 8 N–H and O–H groups in total. The monoisotopic (exact) mass is 604 g/mol. The smallest absolute Gasteiger partial charge is 0.364 e. The summed E-state index contributed by atoms with van der Waals surface area (Å²) in [4.78, 5) is 47.1. The summed E-state index contributed by atoms with van der Waals surface area (Å²) in [6, 6.07) is 5.04. The maximum atomic E-state index is 12.3. The molecule has 1 aromatic carbocycles. The quantitative estimate of drug-likeness (QED) is 0.102. The van der Waals surface area contributed by atoms with E-state index in [1.165, 1.54) is 0 Å². The van der Waals surface area contributed by atoms with Crippen LogP contribution in [0.3, 0.4) is 0 Å². The van der Waals surface area contributed by atoms with E-state index in [1.807, 2.05) is 0 Å². The third kappa shape index (κ3) is 10.8. The summed E-state index contributed by atoms with van der Waals surface area (Å²) in [5, 5.41) is 65.3. The van der Waals surface area contributed by atoms with Crippen LogP contribution in [-0.2, 0) is 35.1 Å². The molecule has 0 spiro atoms. The fraction of sp³-hybridized carbons (Fsp3) is 0.615. The minimum atomic E-state index is -2.45. The zero-order valence-corrected chi connectivity index (χ0v) is 23.0. The van der Waals surface area contributed by atoms with Gasteiger partial charge in [-0.15, -0.1) is 0 Å². The summed E-state index contributed by atoms with van der Waals surface area (Å²) in [6.45, 7) is -1.61. The lowest BCUT2D eigenvalue weighted by atomic mass is 9.88. The van der Waals surface area contributed by atoms with Gasteiger partial charge in [0.2, 0.25) is 11.8 Å². The molecule has 41 heavy (non-hydrogen) atoms. The minimum absolute atomic E-state index is 0.000348. The molecule has 0 unspecified atom stereocenters. The lowest BCUT2D eigenvalue weighted by molar-refractivity contribution is -0.310. The number of carbonyl (C=O) groups excluding carboxylic acids is 2. The fourth-order valence-electron chi connectivity index (χ4n) is 4.32. The van der Waals surface area contributed by atoms with E-state index in [-0.39, 0.29) is 19.4 Å². The van der Waals surface area contributed by atoms with Crippen LogP contribution in [0.1, 0.15) is 44.1 Å². The van der Waals surface area contributed by atoms with E-state index in [0.29, 0.717) is 36.3 Å². The van der Waals surface area contributed by atoms with Crippen LogP contribution in [0, 0.1) is 0 Å². The molecule has 0 aromatic heterocycles. The van der Waals surface area contributed by atoms with Crippen LogP contribution >= 0.6 is 11.6 Å². The largest absolute Gasteiger partial charge is 0.481 e. The molecule has 2 amide bonds. The topological polar surface area (TPSA) is 232 Å². The van der Waals surface area contributed by atoms with Crippen LogP contribution in [0.4, 0.5) is 0 Å². The predicted octanol–water partition coefficient (Wildman–Crippen LogP) is -0.820. The first-order valence-electron chi connectivity index (χ1n) is 13.1. The van der Waals surface area contributed by atoms with Gasteiger partial charge in [0.25, 0.3) is 5.79 Å². The summed E-state index contributed by atoms with van der Waals surface area (Å²) in [5.74, 6) is -6.46. The summed E-state index contributed by atoms with van der Waals surface area (Å²) < 4.78 is 11.1. The second-order valence-electron chi connectivity index (χ2n) is 9.74. The van der Waals surface area contributed by atoms with Crippen LogP contribution in [0.2, 0.25) is 5.02 Å². The molecule has 15 heteroatoms. The van der Waals surface area contributed by atoms with E-state index in [0.717, 1.165) is 0 Å². The molecule has 1 aliphatic rings. The third-order valence-electron chi connectivity index (χ3n) is 6.51. The van der Waals surface area contributed by atoms with E-state index in [9.17, 15) is 39.6 Å². The van der Waals surface area contributed by atoms with Crippen molar-refractivity contribution in [3.05, 3.63) is 34.9 Å². The molecule has 0 saturated carbocycles. The van der Waals surface area contributed by atoms with Crippen LogP contribution in [0.15, 0.2) is 24.3 Å². The number of aliphatic carboxylic acids is 2. The Morgan fingerprint density at radius 2 is 1.71 bits per heavy atom. The Morgan fingerprint density at radius 3 is 2.32 bits per heavy atom. The Balaban J connectivity index is 2.08. The fourth-order valence-corrected chi connectivity index (χ4v) is 4.45. The molecule has 1 aliphatic heterocycles. The van der Waals surface area contributed by atoms with Crippen molar-refractivity contribution in [3.63, 3.8) is 0 Å². The number of aliphatic hydroxyl groups excluding tert-OH is 4. The second-order valence-corrected chi connectivity index (χ2v) is 10.2. The molecule has 1 heterocycles. The number of nitrogens with one attached hydrogen (secondary N) is 2. The molecular formula is C26H37ClN2O12. The van der Waals surface area contributed by atoms with E-state index in [2.05, 4.69) is 10.6 Å². The predicted molar refractivity (Wildman–Crippen MR) is 142 cm³/mol. The van der Waals surface area contributed by atoms with Crippen molar-refractivity contribution < 1.29 is 59.3 Å². The summed E-state index contributed by atoms with van der Waals surface area (Å²) in [7, 11) is 0. The summed E-state index contributed by atoms with van der Waals surface area (Å²) >= 11 is 5.83. The minimum Gasteiger partial charge on any atom is -0.481 e. The Morgan fingerprint density at radius 1 is 1.05 bits per heavy atom. The molecule has 1 saturated heterocycles. The summed E-state index contributed by atoms with van der Waals surface area (Å²) in [5.41, 5.74) is 0.637. The first-order valence-corrected chi connectivity index (χ1v) is 13.5. The average molecular weight is 605 g/mol. The first-order chi connectivity index (χ1) is 19.4. The third-order valence-corrected chi connectivity index (χ3v) is 6.76. The van der Waals surface area contributed by atoms with Crippen LogP contribution in [0.25, 0.3) is 0 Å². The van der Waals surface area contributed by atoms with Crippen molar-refractivity contribution in [2.45, 2.75) is 81.2 Å². The molecule has 2 rings (SSSR count). The van der Waals surface area contributed by atoms with Gasteiger partial charge >= 0.3 is 11.9 Å². The maximum Gasteiger partial charge on any atom is 0.364 e. The van der Waals surface area contributed by atoms with Gasteiger partial charge < -0.3 is 50.7 Å². The molecule has 0 bridgehead atoms. The number of halogens is 1. The number of unbranched alkanes of at least 4 members (excludes halogenated alkanes) is 3. The molecular weight excluding hydrogens is 568 g/mol. The Hall–Kier alpha value is -2.85. The van der Waals surface area contributed by atoms with Gasteiger partial charge in [-0.2, -0.15) is 0 Å². The number of benzene rings is 1. The number of rotatable bonds is 17. The van der Waals surface area contributed by atoms with Crippen molar-refractivity contribution in [3.8, 4) is 0 Å². The SMILES string of the molecule is O=C(O)CCCCCCO[C@]1(C(=O)O)C[C@H](O)[C@@H](NC(=O)CO)[C@H]([C@H](O)[C@H](O)CNC(=O)Cc2ccc(Cl)cc2)O1. The van der Waals surface area contributed by atoms with Gasteiger partial charge in [-0.1, -0.05) is 36.6 Å². The number of aliphatic hydroxyl groups is 4. The van der Waals surface area contributed by atoms with Crippen LogP contribution in [0.5, 0.6) is 0 Å². The Bertz CT molecular complexity index is 1030. The van der Waals surface area contributed by atoms with E-state index in [1.54, 1.807) is 24.3 Å². The molecule has 0 radical (unpaired) electrons. The van der Waals surface area contributed by atoms with Gasteiger partial charge in [0.15, 0.2) is 0 Å². The Kier molecular flexibility index (Phi) is 13.9. The molecule has 6 atom stereocenters. The van der Waals surface area contributed by atoms with Crippen molar-refractivity contribution in [1.29, 1.82) is 0 Å². The van der Waals surface area contributed by atoms with Crippen molar-refractivity contribution >= 4 is 35.4 Å². The number of hydrogen-bond acceptors (Lipinski definition) is 10. The van der Waals surface area contributed by atoms with Gasteiger partial charge in [-0.3, -0.25) is 14.4 Å². The molecule has 14 nitrogen and oxygen atoms in total. The maximum absolute atomic E-state index is 12.3. The highest BCUT2D eigenvalue weighted by atomic mass is 35.5. The van der Waals surface area contributed by atoms with Crippen molar-refractivity contribution in [2.24, 2.45) is 0 Å². The van der Waals surface area contributed by atoms with Crippen LogP contribution < -0.4 is 10.6 Å². The van der Waals surface area contributed by atoms with Gasteiger partial charge in [0.05, 0.1) is 31.3 Å². The zero-order chi connectivity index (χ0) is 30.6. The number of carboxylic acids is 2. The number of hydrogen-bond donors (Lipinski definition) is 8. The zero-order valence-electron chi connectivity index (χ0n) is 22.3. The standard InChI is InChI=1S/C26H37ClN2O12/c27-16-8-6-15(7-9-16)11-19(33)28-13-18(32)23(37)24-22(29-20(34)14-30)17(31)12-26(41-24,25(38)39)40-10-4-2-1-3-5-21(35)36/h6-9,17-18,22-24,30-32,37H,1-5,10-14H2,(H,28,33)(H,29,34)(H,35,36)(H,38,39)/t17-,18+,22+,23+,24+,26+/m0/s1. The van der Waals surface area contributed by atoms with Crippen molar-refractivity contribution in [1.82, 2.24) is 10.6 Å². The van der Waals surface area contributed by atoms with E-state index < -0.39 is 79.6 Å². The highest BCUT2D eigenvalue weighted by Crippen LogP contribution is 2.34. The van der Waals surface area contributed by atoms with Gasteiger partial charge in [-0.25, -0.2) is 4.79 Å². The molecule has 1 fully saturated rings. The van der Waals surface area contributed by atoms with Gasteiger partial charge in [-0.05, 0) is 30.5 Å². The second kappa shape index (κ2) is 16.6. The Labute approximate surface area is 241 Å². The van der Waals surface area contributed by atoms with Crippen molar-refractivity contribution in [2.75, 3.05) is 19.8 Å². The molecule has 1 aromatic rings. The van der Waals surface area contributed by atoms with E-state index in [4.69, 9.17) is 31.3 Å². The normalized spacial score (nSPS) is 23.8. The van der Waals surface area contributed by atoms with Crippen LogP contribution in [-0.4, -0.2) is 110 Å². The highest BCUT2D eigenvalue weighted by Gasteiger charge is 2.55. The lowest BCUT2D eigenvalue weighted by Gasteiger charge is -2.46. The molecule has 0 aliphatic carbocycles. The summed E-state index contributed by atoms with van der Waals surface area (Å²) in [6.07, 6.45) is -5.88. The highest BCUT2D eigenvalue weighted by molar-refractivity contribution is 6.30. The number of ether oxygens (including phenoxy) is 2. The lowest BCUT2D eigenvalue weighted by Crippen LogP contribution is -2.68. The number of carbonyl (C=O) groups is 4. The number of amides is 2. The molecule has 230 valence electrons. The average Bonchev–Trinajstić information content (AvgIpc) is 2.92. The van der Waals surface area contributed by atoms with Gasteiger partial charge in [0.1, 0.15) is 18.8 Å². The van der Waals surface area contributed by atoms with E-state index >= 15 is 0 Å².